The summed E-state index contributed by atoms with van der Waals surface area (Å²) in [6.45, 7) is 11.5. The van der Waals surface area contributed by atoms with E-state index in [-0.39, 0.29) is 6.03 Å². The molecule has 3 rings (SSSR count). The quantitative estimate of drug-likeness (QED) is 0.888. The Labute approximate surface area is 150 Å². The normalized spacial score (nSPS) is 14.6. The van der Waals surface area contributed by atoms with Crippen molar-refractivity contribution in [2.45, 2.75) is 27.7 Å². The molecule has 2 aromatic carbocycles. The topological polar surface area (TPSA) is 35.6 Å². The summed E-state index contributed by atoms with van der Waals surface area (Å²) in [5.41, 5.74) is 6.95. The van der Waals surface area contributed by atoms with Gasteiger partial charge < -0.3 is 15.1 Å². The van der Waals surface area contributed by atoms with Crippen molar-refractivity contribution in [1.29, 1.82) is 0 Å². The molecule has 4 heteroatoms. The van der Waals surface area contributed by atoms with Crippen molar-refractivity contribution in [2.75, 3.05) is 36.4 Å². The lowest BCUT2D eigenvalue weighted by Crippen LogP contribution is -2.50. The summed E-state index contributed by atoms with van der Waals surface area (Å²) in [6.07, 6.45) is 0. The maximum absolute atomic E-state index is 12.6. The van der Waals surface area contributed by atoms with Gasteiger partial charge in [0.2, 0.25) is 0 Å². The number of hydrogen-bond acceptors (Lipinski definition) is 2. The summed E-state index contributed by atoms with van der Waals surface area (Å²) in [4.78, 5) is 16.9. The second-order valence-corrected chi connectivity index (χ2v) is 7.02. The molecule has 0 aromatic heterocycles. The van der Waals surface area contributed by atoms with Gasteiger partial charge in [0, 0.05) is 37.6 Å². The van der Waals surface area contributed by atoms with Gasteiger partial charge in [-0.25, -0.2) is 4.79 Å². The van der Waals surface area contributed by atoms with E-state index in [0.29, 0.717) is 0 Å². The number of urea groups is 1. The number of carbonyl (C=O) groups excluding carboxylic acids is 1. The van der Waals surface area contributed by atoms with Crippen molar-refractivity contribution in [3.63, 3.8) is 0 Å². The van der Waals surface area contributed by atoms with Crippen LogP contribution >= 0.6 is 0 Å². The SMILES string of the molecule is Cc1cc(C)cc(N2CCN(C(=O)Nc3c(C)cccc3C)CC2)c1. The van der Waals surface area contributed by atoms with E-state index in [1.807, 2.05) is 36.9 Å². The minimum absolute atomic E-state index is 0.00234. The monoisotopic (exact) mass is 337 g/mol. The Morgan fingerprint density at radius 2 is 1.44 bits per heavy atom. The molecule has 0 bridgehead atoms. The van der Waals surface area contributed by atoms with Crippen LogP contribution in [0.15, 0.2) is 36.4 Å². The van der Waals surface area contributed by atoms with Gasteiger partial charge in [-0.2, -0.15) is 0 Å². The lowest BCUT2D eigenvalue weighted by atomic mass is 10.1. The third-order valence-electron chi connectivity index (χ3n) is 4.85. The number of nitrogens with zero attached hydrogens (tertiary/aromatic N) is 2. The first kappa shape index (κ1) is 17.3. The molecule has 0 spiro atoms. The summed E-state index contributed by atoms with van der Waals surface area (Å²) in [7, 11) is 0. The number of benzene rings is 2. The zero-order valence-electron chi connectivity index (χ0n) is 15.6. The molecule has 25 heavy (non-hydrogen) atoms. The minimum Gasteiger partial charge on any atom is -0.368 e. The molecular weight excluding hydrogens is 310 g/mol. The van der Waals surface area contributed by atoms with Crippen LogP contribution in [0.4, 0.5) is 16.2 Å². The highest BCUT2D eigenvalue weighted by atomic mass is 16.2. The summed E-state index contributed by atoms with van der Waals surface area (Å²) in [5, 5.41) is 3.09. The Hall–Kier alpha value is -2.49. The number of carbonyl (C=O) groups is 1. The van der Waals surface area contributed by atoms with Crippen molar-refractivity contribution in [2.24, 2.45) is 0 Å². The van der Waals surface area contributed by atoms with Crippen molar-refractivity contribution < 1.29 is 4.79 Å². The number of aryl methyl sites for hydroxylation is 4. The predicted molar refractivity (Wildman–Crippen MR) is 105 cm³/mol. The summed E-state index contributed by atoms with van der Waals surface area (Å²) in [5.74, 6) is 0. The molecule has 1 fully saturated rings. The summed E-state index contributed by atoms with van der Waals surface area (Å²) < 4.78 is 0. The molecule has 0 saturated carbocycles. The first-order chi connectivity index (χ1) is 11.9. The average molecular weight is 337 g/mol. The van der Waals surface area contributed by atoms with Gasteiger partial charge in [-0.05, 0) is 62.1 Å². The first-order valence-corrected chi connectivity index (χ1v) is 8.89. The zero-order chi connectivity index (χ0) is 18.0. The molecule has 0 atom stereocenters. The Bertz CT molecular complexity index is 736. The van der Waals surface area contributed by atoms with Crippen LogP contribution in [0.25, 0.3) is 0 Å². The van der Waals surface area contributed by atoms with Crippen molar-refractivity contribution in [3.8, 4) is 0 Å². The molecule has 1 aliphatic rings. The van der Waals surface area contributed by atoms with E-state index in [9.17, 15) is 4.79 Å². The molecule has 0 unspecified atom stereocenters. The van der Waals surface area contributed by atoms with Crippen LogP contribution in [0, 0.1) is 27.7 Å². The van der Waals surface area contributed by atoms with Crippen LogP contribution in [0.5, 0.6) is 0 Å². The zero-order valence-corrected chi connectivity index (χ0v) is 15.6. The predicted octanol–water partition coefficient (Wildman–Crippen LogP) is 4.27. The number of anilines is 2. The Morgan fingerprint density at radius 1 is 0.880 bits per heavy atom. The van der Waals surface area contributed by atoms with Gasteiger partial charge in [0.25, 0.3) is 0 Å². The number of para-hydroxylation sites is 1. The standard InChI is InChI=1S/C21H27N3O/c1-15-12-16(2)14-19(13-15)23-8-10-24(11-9-23)21(25)22-20-17(3)6-5-7-18(20)4/h5-7,12-14H,8-11H2,1-4H3,(H,22,25). The van der Waals surface area contributed by atoms with E-state index in [4.69, 9.17) is 0 Å². The number of nitrogens with one attached hydrogen (secondary N) is 1. The second-order valence-electron chi connectivity index (χ2n) is 7.02. The largest absolute Gasteiger partial charge is 0.368 e. The van der Waals surface area contributed by atoms with Gasteiger partial charge >= 0.3 is 6.03 Å². The van der Waals surface area contributed by atoms with Crippen LogP contribution in [-0.4, -0.2) is 37.1 Å². The van der Waals surface area contributed by atoms with E-state index in [0.717, 1.165) is 43.0 Å². The fourth-order valence-electron chi connectivity index (χ4n) is 3.50. The second kappa shape index (κ2) is 7.18. The van der Waals surface area contributed by atoms with Gasteiger partial charge in [0.15, 0.2) is 0 Å². The van der Waals surface area contributed by atoms with E-state index >= 15 is 0 Å². The molecule has 1 N–H and O–H groups in total. The lowest BCUT2D eigenvalue weighted by Gasteiger charge is -2.36. The van der Waals surface area contributed by atoms with E-state index in [2.05, 4.69) is 42.3 Å². The van der Waals surface area contributed by atoms with E-state index in [1.165, 1.54) is 16.8 Å². The Kier molecular flexibility index (Phi) is 4.98. The minimum atomic E-state index is -0.00234. The molecule has 4 nitrogen and oxygen atoms in total. The molecule has 0 aliphatic carbocycles. The van der Waals surface area contributed by atoms with E-state index < -0.39 is 0 Å². The number of rotatable bonds is 2. The van der Waals surface area contributed by atoms with Gasteiger partial charge in [0.05, 0.1) is 0 Å². The van der Waals surface area contributed by atoms with Crippen molar-refractivity contribution >= 4 is 17.4 Å². The Balaban J connectivity index is 1.63. The molecular formula is C21H27N3O. The highest BCUT2D eigenvalue weighted by molar-refractivity contribution is 5.91. The van der Waals surface area contributed by atoms with Gasteiger partial charge in [0.1, 0.15) is 0 Å². The highest BCUT2D eigenvalue weighted by Crippen LogP contribution is 2.22. The fraction of sp³-hybridized carbons (Fsp3) is 0.381. The Morgan fingerprint density at radius 3 is 2.00 bits per heavy atom. The van der Waals surface area contributed by atoms with Crippen LogP contribution in [0.2, 0.25) is 0 Å². The number of piperazine rings is 1. The van der Waals surface area contributed by atoms with Gasteiger partial charge in [-0.1, -0.05) is 24.3 Å². The number of hydrogen-bond donors (Lipinski definition) is 1. The van der Waals surface area contributed by atoms with Gasteiger partial charge in [-0.3, -0.25) is 0 Å². The smallest absolute Gasteiger partial charge is 0.321 e. The molecule has 132 valence electrons. The van der Waals surface area contributed by atoms with Crippen LogP contribution in [-0.2, 0) is 0 Å². The van der Waals surface area contributed by atoms with Gasteiger partial charge in [-0.15, -0.1) is 0 Å². The molecule has 1 saturated heterocycles. The highest BCUT2D eigenvalue weighted by Gasteiger charge is 2.22. The first-order valence-electron chi connectivity index (χ1n) is 8.89. The van der Waals surface area contributed by atoms with Crippen molar-refractivity contribution in [1.82, 2.24) is 4.90 Å². The maximum atomic E-state index is 12.6. The average Bonchev–Trinajstić information content (AvgIpc) is 2.57. The third-order valence-corrected chi connectivity index (χ3v) is 4.85. The maximum Gasteiger partial charge on any atom is 0.321 e. The van der Waals surface area contributed by atoms with E-state index in [1.54, 1.807) is 0 Å². The molecule has 2 aromatic rings. The number of amides is 2. The summed E-state index contributed by atoms with van der Waals surface area (Å²) >= 11 is 0. The van der Waals surface area contributed by atoms with Crippen LogP contribution in [0.1, 0.15) is 22.3 Å². The molecule has 1 heterocycles. The van der Waals surface area contributed by atoms with Crippen LogP contribution in [0.3, 0.4) is 0 Å². The van der Waals surface area contributed by atoms with Crippen molar-refractivity contribution in [3.05, 3.63) is 58.7 Å². The molecule has 1 aliphatic heterocycles. The summed E-state index contributed by atoms with van der Waals surface area (Å²) in [6, 6.07) is 12.7. The third kappa shape index (κ3) is 3.95. The fourth-order valence-corrected chi connectivity index (χ4v) is 3.50. The molecule has 2 amide bonds. The lowest BCUT2D eigenvalue weighted by molar-refractivity contribution is 0.208. The molecule has 0 radical (unpaired) electrons. The van der Waals surface area contributed by atoms with Crippen LogP contribution < -0.4 is 10.2 Å².